The molecular formula is C18H16ClN3O3. The molecule has 25 heavy (non-hydrogen) atoms. The normalized spacial score (nSPS) is 26.9. The largest absolute Gasteiger partial charge is 0.460 e. The van der Waals surface area contributed by atoms with E-state index >= 15 is 0 Å². The van der Waals surface area contributed by atoms with Crippen LogP contribution in [-0.4, -0.2) is 33.5 Å². The zero-order valence-corrected chi connectivity index (χ0v) is 14.1. The van der Waals surface area contributed by atoms with Gasteiger partial charge in [-0.3, -0.25) is 9.59 Å². The van der Waals surface area contributed by atoms with E-state index in [-0.39, 0.29) is 29.4 Å². The van der Waals surface area contributed by atoms with Gasteiger partial charge in [0.2, 0.25) is 0 Å². The molecular weight excluding hydrogens is 342 g/mol. The maximum Gasteiger partial charge on any atom is 0.310 e. The topological polar surface area (TPSA) is 74.1 Å². The van der Waals surface area contributed by atoms with Crippen molar-refractivity contribution in [3.8, 4) is 0 Å². The summed E-state index contributed by atoms with van der Waals surface area (Å²) in [7, 11) is 0. The average molecular weight is 358 g/mol. The van der Waals surface area contributed by atoms with Crippen molar-refractivity contribution in [2.75, 3.05) is 6.61 Å². The van der Waals surface area contributed by atoms with Crippen LogP contribution in [-0.2, 0) is 9.53 Å². The third-order valence-electron chi connectivity index (χ3n) is 4.95. The molecule has 7 heteroatoms. The van der Waals surface area contributed by atoms with Crippen LogP contribution in [0.3, 0.4) is 0 Å². The van der Waals surface area contributed by atoms with Gasteiger partial charge in [0.15, 0.2) is 0 Å². The number of halogens is 1. The first kappa shape index (κ1) is 16.0. The molecule has 2 bridgehead atoms. The van der Waals surface area contributed by atoms with Crippen LogP contribution in [0.15, 0.2) is 48.0 Å². The molecule has 1 saturated carbocycles. The first-order valence-corrected chi connectivity index (χ1v) is 8.47. The van der Waals surface area contributed by atoms with Crippen LogP contribution in [0.5, 0.6) is 0 Å². The summed E-state index contributed by atoms with van der Waals surface area (Å²) in [4.78, 5) is 25.7. The van der Waals surface area contributed by atoms with E-state index in [1.807, 2.05) is 24.3 Å². The lowest BCUT2D eigenvalue weighted by Crippen LogP contribution is -2.37. The van der Waals surface area contributed by atoms with Crippen molar-refractivity contribution < 1.29 is 14.3 Å². The van der Waals surface area contributed by atoms with Crippen LogP contribution in [0.1, 0.15) is 11.2 Å². The predicted octanol–water partition coefficient (Wildman–Crippen LogP) is 2.81. The van der Waals surface area contributed by atoms with E-state index in [1.165, 1.54) is 4.68 Å². The van der Waals surface area contributed by atoms with Crippen molar-refractivity contribution in [2.24, 2.45) is 23.7 Å². The highest BCUT2D eigenvalue weighted by Gasteiger charge is 2.53. The standard InChI is InChI=1S/C18H16ClN3O3/c1-10(19)9-25-18(24)16-12-7-6-11(8-12)15(16)17(23)22-14-5-3-2-4-13(14)20-21-22/h2-7,11-12,15-16H,1,8-9H2/t11-,12+,15-,16-/m0/s1. The maximum absolute atomic E-state index is 13.1. The molecule has 6 nitrogen and oxygen atoms in total. The van der Waals surface area contributed by atoms with Crippen LogP contribution < -0.4 is 0 Å². The molecule has 128 valence electrons. The fourth-order valence-corrected chi connectivity index (χ4v) is 3.95. The first-order chi connectivity index (χ1) is 12.1. The number of fused-ring (bicyclic) bond motifs is 3. The van der Waals surface area contributed by atoms with E-state index in [4.69, 9.17) is 16.3 Å². The van der Waals surface area contributed by atoms with Crippen molar-refractivity contribution >= 4 is 34.5 Å². The highest BCUT2D eigenvalue weighted by Crippen LogP contribution is 2.49. The molecule has 0 N–H and O–H groups in total. The van der Waals surface area contributed by atoms with Crippen molar-refractivity contribution in [3.05, 3.63) is 48.0 Å². The number of allylic oxidation sites excluding steroid dienone is 2. The van der Waals surface area contributed by atoms with Gasteiger partial charge in [0.1, 0.15) is 12.1 Å². The summed E-state index contributed by atoms with van der Waals surface area (Å²) in [6.07, 6.45) is 4.77. The smallest absolute Gasteiger partial charge is 0.310 e. The lowest BCUT2D eigenvalue weighted by atomic mass is 9.82. The van der Waals surface area contributed by atoms with Crippen LogP contribution in [0.4, 0.5) is 0 Å². The maximum atomic E-state index is 13.1. The first-order valence-electron chi connectivity index (χ1n) is 8.09. The molecule has 0 saturated heterocycles. The van der Waals surface area contributed by atoms with Gasteiger partial charge in [-0.05, 0) is 30.4 Å². The average Bonchev–Trinajstić information content (AvgIpc) is 3.32. The van der Waals surface area contributed by atoms with E-state index in [9.17, 15) is 9.59 Å². The van der Waals surface area contributed by atoms with Crippen LogP contribution in [0.2, 0.25) is 0 Å². The molecule has 1 aromatic carbocycles. The summed E-state index contributed by atoms with van der Waals surface area (Å²) in [6.45, 7) is 3.47. The number of aromatic nitrogens is 3. The summed E-state index contributed by atoms with van der Waals surface area (Å²) in [5.74, 6) is -1.65. The van der Waals surface area contributed by atoms with Gasteiger partial charge in [-0.15, -0.1) is 5.10 Å². The second-order valence-corrected chi connectivity index (χ2v) is 6.99. The molecule has 2 aliphatic rings. The predicted molar refractivity (Wildman–Crippen MR) is 91.8 cm³/mol. The van der Waals surface area contributed by atoms with Crippen molar-refractivity contribution in [2.45, 2.75) is 6.42 Å². The SMILES string of the molecule is C=C(Cl)COC(=O)[C@@H]1[C@@H](C(=O)n2nnc3ccccc32)[C@H]2C=C[C@@H]1C2. The van der Waals surface area contributed by atoms with Crippen LogP contribution in [0.25, 0.3) is 11.0 Å². The van der Waals surface area contributed by atoms with Crippen LogP contribution >= 0.6 is 11.6 Å². The van der Waals surface area contributed by atoms with E-state index in [0.717, 1.165) is 6.42 Å². The highest BCUT2D eigenvalue weighted by atomic mass is 35.5. The minimum atomic E-state index is -0.526. The Morgan fingerprint density at radius 1 is 1.24 bits per heavy atom. The summed E-state index contributed by atoms with van der Waals surface area (Å²) in [5, 5.41) is 8.28. The Morgan fingerprint density at radius 2 is 1.96 bits per heavy atom. The molecule has 2 aromatic rings. The van der Waals surface area contributed by atoms with E-state index in [0.29, 0.717) is 11.0 Å². The Balaban J connectivity index is 1.65. The van der Waals surface area contributed by atoms with Crippen LogP contribution in [0, 0.1) is 23.7 Å². The third kappa shape index (κ3) is 2.66. The van der Waals surface area contributed by atoms with Gasteiger partial charge >= 0.3 is 5.97 Å². The van der Waals surface area contributed by atoms with E-state index in [2.05, 4.69) is 16.9 Å². The second-order valence-electron chi connectivity index (χ2n) is 6.45. The van der Waals surface area contributed by atoms with E-state index in [1.54, 1.807) is 12.1 Å². The minimum Gasteiger partial charge on any atom is -0.460 e. The number of hydrogen-bond donors (Lipinski definition) is 0. The fraction of sp³-hybridized carbons (Fsp3) is 0.333. The van der Waals surface area contributed by atoms with Gasteiger partial charge in [-0.1, -0.05) is 47.7 Å². The molecule has 0 aliphatic heterocycles. The Hall–Kier alpha value is -2.47. The fourth-order valence-electron chi connectivity index (χ4n) is 3.90. The molecule has 0 radical (unpaired) electrons. The Bertz CT molecular complexity index is 904. The van der Waals surface area contributed by atoms with Gasteiger partial charge in [0.05, 0.1) is 17.4 Å². The lowest BCUT2D eigenvalue weighted by molar-refractivity contribution is -0.149. The van der Waals surface area contributed by atoms with Gasteiger partial charge in [0, 0.05) is 5.03 Å². The Morgan fingerprint density at radius 3 is 2.72 bits per heavy atom. The molecule has 1 aromatic heterocycles. The van der Waals surface area contributed by atoms with Crippen molar-refractivity contribution in [3.63, 3.8) is 0 Å². The number of carbonyl (C=O) groups excluding carboxylic acids is 2. The molecule has 2 aliphatic carbocycles. The van der Waals surface area contributed by atoms with Crippen molar-refractivity contribution in [1.82, 2.24) is 15.0 Å². The number of hydrogen-bond acceptors (Lipinski definition) is 5. The quantitative estimate of drug-likeness (QED) is 0.621. The van der Waals surface area contributed by atoms with E-state index < -0.39 is 17.8 Å². The number of esters is 1. The summed E-state index contributed by atoms with van der Waals surface area (Å²) >= 11 is 5.68. The number of rotatable bonds is 4. The second kappa shape index (κ2) is 6.11. The molecule has 0 spiro atoms. The minimum absolute atomic E-state index is 0.00447. The van der Waals surface area contributed by atoms with Gasteiger partial charge in [-0.25, -0.2) is 0 Å². The number of benzene rings is 1. The van der Waals surface area contributed by atoms with Gasteiger partial charge in [0.25, 0.3) is 5.91 Å². The zero-order valence-electron chi connectivity index (χ0n) is 13.3. The van der Waals surface area contributed by atoms with Gasteiger partial charge in [-0.2, -0.15) is 4.68 Å². The summed E-state index contributed by atoms with van der Waals surface area (Å²) in [5.41, 5.74) is 1.28. The molecule has 1 fully saturated rings. The lowest BCUT2D eigenvalue weighted by Gasteiger charge is -2.25. The number of para-hydroxylation sites is 1. The number of carbonyl (C=O) groups is 2. The molecule has 0 unspecified atom stereocenters. The molecule has 1 heterocycles. The highest BCUT2D eigenvalue weighted by molar-refractivity contribution is 6.29. The Labute approximate surface area is 149 Å². The van der Waals surface area contributed by atoms with Crippen molar-refractivity contribution in [1.29, 1.82) is 0 Å². The molecule has 4 rings (SSSR count). The molecule has 4 atom stereocenters. The summed E-state index contributed by atoms with van der Waals surface area (Å²) in [6, 6.07) is 7.25. The number of ether oxygens (including phenoxy) is 1. The Kier molecular flexibility index (Phi) is 3.92. The molecule has 0 amide bonds. The summed E-state index contributed by atoms with van der Waals surface area (Å²) < 4.78 is 6.52. The zero-order chi connectivity index (χ0) is 17.6. The third-order valence-corrected chi connectivity index (χ3v) is 5.06. The monoisotopic (exact) mass is 357 g/mol. The number of nitrogens with zero attached hydrogens (tertiary/aromatic N) is 3. The van der Waals surface area contributed by atoms with Gasteiger partial charge < -0.3 is 4.74 Å².